The van der Waals surface area contributed by atoms with E-state index in [4.69, 9.17) is 0 Å². The normalized spacial score (nSPS) is 26.4. The number of hydrogen-bond acceptors (Lipinski definition) is 2. The van der Waals surface area contributed by atoms with Crippen molar-refractivity contribution in [2.45, 2.75) is 57.4 Å². The zero-order valence-electron chi connectivity index (χ0n) is 14.7. The minimum Gasteiger partial charge on any atom is -0.507 e. The number of phenols is 1. The van der Waals surface area contributed by atoms with Crippen LogP contribution in [0.2, 0.25) is 0 Å². The monoisotopic (exact) mass is 331 g/mol. The Morgan fingerprint density at radius 1 is 1.42 bits per heavy atom. The molecule has 3 rings (SSSR count). The summed E-state index contributed by atoms with van der Waals surface area (Å²) in [5.41, 5.74) is 1.82. The highest BCUT2D eigenvalue weighted by atomic mass is 19.1. The van der Waals surface area contributed by atoms with Gasteiger partial charge >= 0.3 is 0 Å². The lowest BCUT2D eigenvalue weighted by molar-refractivity contribution is -0.130. The molecular formula is C20H26FNO2. The number of carbonyl (C=O) groups is 1. The third kappa shape index (κ3) is 2.43. The van der Waals surface area contributed by atoms with Gasteiger partial charge in [-0.2, -0.15) is 0 Å². The molecule has 1 saturated carbocycles. The quantitative estimate of drug-likeness (QED) is 0.821. The summed E-state index contributed by atoms with van der Waals surface area (Å²) in [6.45, 7) is 7.17. The minimum atomic E-state index is -0.247. The molecule has 1 aromatic rings. The van der Waals surface area contributed by atoms with E-state index in [-0.39, 0.29) is 41.3 Å². The third-order valence-electron chi connectivity index (χ3n) is 6.01. The second-order valence-electron chi connectivity index (χ2n) is 7.28. The van der Waals surface area contributed by atoms with E-state index >= 15 is 0 Å². The van der Waals surface area contributed by atoms with Gasteiger partial charge in [0.15, 0.2) is 0 Å². The summed E-state index contributed by atoms with van der Waals surface area (Å²) >= 11 is 0. The Hall–Kier alpha value is -1.84. The van der Waals surface area contributed by atoms with Crippen LogP contribution < -0.4 is 0 Å². The SMILES string of the molecule is C=CC(C)c1cc(F)c2c(c1O)C(N(C)C(C)=O)C1CCCCC21. The number of aromatic hydroxyl groups is 1. The first-order chi connectivity index (χ1) is 11.4. The number of amides is 1. The number of phenolic OH excluding ortho intramolecular Hbond substituents is 1. The first-order valence-electron chi connectivity index (χ1n) is 8.79. The van der Waals surface area contributed by atoms with Crippen molar-refractivity contribution in [1.82, 2.24) is 4.90 Å². The van der Waals surface area contributed by atoms with Crippen molar-refractivity contribution in [1.29, 1.82) is 0 Å². The van der Waals surface area contributed by atoms with Gasteiger partial charge in [0.1, 0.15) is 11.6 Å². The zero-order chi connectivity index (χ0) is 17.6. The van der Waals surface area contributed by atoms with Crippen LogP contribution in [0.1, 0.15) is 74.1 Å². The van der Waals surface area contributed by atoms with Gasteiger partial charge in [0.25, 0.3) is 0 Å². The van der Waals surface area contributed by atoms with Crippen molar-refractivity contribution < 1.29 is 14.3 Å². The van der Waals surface area contributed by atoms with Gasteiger partial charge in [-0.05, 0) is 30.7 Å². The van der Waals surface area contributed by atoms with Crippen molar-refractivity contribution in [3.63, 3.8) is 0 Å². The Labute approximate surface area is 143 Å². The molecule has 1 amide bonds. The van der Waals surface area contributed by atoms with Gasteiger partial charge in [-0.1, -0.05) is 25.8 Å². The minimum absolute atomic E-state index is 0.0563. The molecule has 2 aliphatic rings. The topological polar surface area (TPSA) is 40.5 Å². The molecule has 0 radical (unpaired) electrons. The third-order valence-corrected chi connectivity index (χ3v) is 6.01. The molecule has 4 heteroatoms. The number of allylic oxidation sites excluding steroid dienone is 1. The molecule has 2 aliphatic carbocycles. The van der Waals surface area contributed by atoms with Crippen LogP contribution in [0, 0.1) is 11.7 Å². The maximum atomic E-state index is 15.0. The molecule has 0 aromatic heterocycles. The molecule has 130 valence electrons. The smallest absolute Gasteiger partial charge is 0.219 e. The van der Waals surface area contributed by atoms with Gasteiger partial charge in [-0.25, -0.2) is 4.39 Å². The maximum Gasteiger partial charge on any atom is 0.219 e. The molecule has 3 nitrogen and oxygen atoms in total. The van der Waals surface area contributed by atoms with E-state index in [1.807, 2.05) is 6.92 Å². The van der Waals surface area contributed by atoms with Crippen LogP contribution in [0.4, 0.5) is 4.39 Å². The number of fused-ring (bicyclic) bond motifs is 3. The molecule has 1 N–H and O–H groups in total. The highest BCUT2D eigenvalue weighted by molar-refractivity contribution is 5.74. The van der Waals surface area contributed by atoms with Gasteiger partial charge in [0.2, 0.25) is 5.91 Å². The Bertz CT molecular complexity index is 685. The van der Waals surface area contributed by atoms with Crippen molar-refractivity contribution in [2.24, 2.45) is 5.92 Å². The van der Waals surface area contributed by atoms with Crippen LogP contribution in [0.3, 0.4) is 0 Å². The summed E-state index contributed by atoms with van der Waals surface area (Å²) in [6.07, 6.45) is 5.75. The number of halogens is 1. The average Bonchev–Trinajstić information content (AvgIpc) is 2.92. The van der Waals surface area contributed by atoms with E-state index in [0.717, 1.165) is 25.7 Å². The second-order valence-corrected chi connectivity index (χ2v) is 7.28. The highest BCUT2D eigenvalue weighted by Crippen LogP contribution is 2.58. The van der Waals surface area contributed by atoms with E-state index in [2.05, 4.69) is 6.58 Å². The number of benzene rings is 1. The van der Waals surface area contributed by atoms with Crippen molar-refractivity contribution in [2.75, 3.05) is 7.05 Å². The van der Waals surface area contributed by atoms with Gasteiger partial charge in [-0.15, -0.1) is 6.58 Å². The second kappa shape index (κ2) is 6.23. The summed E-state index contributed by atoms with van der Waals surface area (Å²) in [4.78, 5) is 13.7. The van der Waals surface area contributed by atoms with Crippen LogP contribution in [0.15, 0.2) is 18.7 Å². The van der Waals surface area contributed by atoms with Crippen molar-refractivity contribution in [3.05, 3.63) is 41.2 Å². The molecule has 0 heterocycles. The molecule has 0 aliphatic heterocycles. The van der Waals surface area contributed by atoms with Crippen LogP contribution in [0.25, 0.3) is 0 Å². The molecule has 1 aromatic carbocycles. The van der Waals surface area contributed by atoms with E-state index in [1.54, 1.807) is 18.0 Å². The fraction of sp³-hybridized carbons (Fsp3) is 0.550. The Balaban J connectivity index is 2.23. The van der Waals surface area contributed by atoms with Gasteiger partial charge in [0, 0.05) is 36.6 Å². The Morgan fingerprint density at radius 3 is 2.71 bits per heavy atom. The van der Waals surface area contributed by atoms with Crippen LogP contribution in [0.5, 0.6) is 5.75 Å². The lowest BCUT2D eigenvalue weighted by Crippen LogP contribution is -2.33. The number of carbonyl (C=O) groups excluding carboxylic acids is 1. The predicted octanol–water partition coefficient (Wildman–Crippen LogP) is 4.63. The van der Waals surface area contributed by atoms with E-state index in [1.165, 1.54) is 13.0 Å². The van der Waals surface area contributed by atoms with E-state index in [9.17, 15) is 14.3 Å². The standard InChI is InChI=1S/C20H26FNO2/c1-5-11(2)15-10-16(21)17-13-8-6-7-9-14(13)19(18(17)20(15)24)22(4)12(3)23/h5,10-11,13-14,19,24H,1,6-9H2,2-4H3. The molecule has 4 unspecified atom stereocenters. The van der Waals surface area contributed by atoms with Crippen LogP contribution >= 0.6 is 0 Å². The average molecular weight is 331 g/mol. The molecule has 4 atom stereocenters. The fourth-order valence-corrected chi connectivity index (χ4v) is 4.63. The lowest BCUT2D eigenvalue weighted by atomic mass is 9.78. The summed E-state index contributed by atoms with van der Waals surface area (Å²) < 4.78 is 15.0. The largest absolute Gasteiger partial charge is 0.507 e. The van der Waals surface area contributed by atoms with Crippen LogP contribution in [-0.4, -0.2) is 23.0 Å². The molecule has 0 bridgehead atoms. The Kier molecular flexibility index (Phi) is 4.41. The molecular weight excluding hydrogens is 305 g/mol. The lowest BCUT2D eigenvalue weighted by Gasteiger charge is -2.34. The zero-order valence-corrected chi connectivity index (χ0v) is 14.7. The Morgan fingerprint density at radius 2 is 2.08 bits per heavy atom. The number of rotatable bonds is 3. The van der Waals surface area contributed by atoms with Gasteiger partial charge < -0.3 is 10.0 Å². The fourth-order valence-electron chi connectivity index (χ4n) is 4.63. The molecule has 24 heavy (non-hydrogen) atoms. The number of hydrogen-bond donors (Lipinski definition) is 1. The highest BCUT2D eigenvalue weighted by Gasteiger charge is 2.47. The van der Waals surface area contributed by atoms with Gasteiger partial charge in [-0.3, -0.25) is 4.79 Å². The summed E-state index contributed by atoms with van der Waals surface area (Å²) in [5, 5.41) is 10.9. The maximum absolute atomic E-state index is 15.0. The first kappa shape index (κ1) is 17.0. The first-order valence-corrected chi connectivity index (χ1v) is 8.79. The van der Waals surface area contributed by atoms with Gasteiger partial charge in [0.05, 0.1) is 6.04 Å². The summed E-state index contributed by atoms with van der Waals surface area (Å²) in [6, 6.07) is 1.22. The van der Waals surface area contributed by atoms with Crippen LogP contribution in [-0.2, 0) is 4.79 Å². The molecule has 1 fully saturated rings. The van der Waals surface area contributed by atoms with E-state index in [0.29, 0.717) is 16.7 Å². The van der Waals surface area contributed by atoms with Crippen molar-refractivity contribution >= 4 is 5.91 Å². The van der Waals surface area contributed by atoms with Crippen molar-refractivity contribution in [3.8, 4) is 5.75 Å². The predicted molar refractivity (Wildman–Crippen MR) is 92.6 cm³/mol. The summed E-state index contributed by atoms with van der Waals surface area (Å²) in [5.74, 6) is -0.0131. The molecule has 0 saturated heterocycles. The molecule has 0 spiro atoms. The number of nitrogens with zero attached hydrogens (tertiary/aromatic N) is 1. The summed E-state index contributed by atoms with van der Waals surface area (Å²) in [7, 11) is 1.76. The van der Waals surface area contributed by atoms with E-state index < -0.39 is 0 Å².